The molecule has 0 aliphatic rings. The van der Waals surface area contributed by atoms with Gasteiger partial charge in [0.05, 0.1) is 0 Å². The molecule has 0 unspecified atom stereocenters. The Bertz CT molecular complexity index is 386. The molecule has 0 aliphatic heterocycles. The van der Waals surface area contributed by atoms with Crippen LogP contribution in [-0.4, -0.2) is 30.4 Å². The molecular formula is C13H18F2N2O. The van der Waals surface area contributed by atoms with Crippen molar-refractivity contribution in [3.63, 3.8) is 0 Å². The Morgan fingerprint density at radius 2 is 1.78 bits per heavy atom. The van der Waals surface area contributed by atoms with Crippen molar-refractivity contribution in [2.24, 2.45) is 0 Å². The highest BCUT2D eigenvalue weighted by Gasteiger charge is 2.11. The van der Waals surface area contributed by atoms with Gasteiger partial charge in [-0.15, -0.1) is 0 Å². The Morgan fingerprint density at radius 1 is 1.22 bits per heavy atom. The lowest BCUT2D eigenvalue weighted by Gasteiger charge is -2.18. The average Bonchev–Trinajstić information content (AvgIpc) is 2.34. The lowest BCUT2D eigenvalue weighted by Crippen LogP contribution is -2.31. The highest BCUT2D eigenvalue weighted by Crippen LogP contribution is 2.17. The van der Waals surface area contributed by atoms with E-state index in [1.807, 2.05) is 13.8 Å². The zero-order chi connectivity index (χ0) is 13.5. The number of para-hydroxylation sites is 1. The molecule has 1 aromatic rings. The molecule has 0 aromatic heterocycles. The summed E-state index contributed by atoms with van der Waals surface area (Å²) in [4.78, 5) is 13.3. The van der Waals surface area contributed by atoms with Crippen molar-refractivity contribution in [3.8, 4) is 0 Å². The van der Waals surface area contributed by atoms with Crippen molar-refractivity contribution in [2.45, 2.75) is 20.3 Å². The van der Waals surface area contributed by atoms with E-state index < -0.39 is 11.6 Å². The van der Waals surface area contributed by atoms with Gasteiger partial charge in [0.25, 0.3) is 0 Å². The number of carbonyl (C=O) groups is 1. The Hall–Kier alpha value is -1.65. The fourth-order valence-corrected chi connectivity index (χ4v) is 1.70. The van der Waals surface area contributed by atoms with Crippen molar-refractivity contribution in [2.75, 3.05) is 25.0 Å². The Kier molecular flexibility index (Phi) is 5.55. The summed E-state index contributed by atoms with van der Waals surface area (Å²) in [7, 11) is 0. The first-order valence-corrected chi connectivity index (χ1v) is 6.05. The normalized spacial score (nSPS) is 10.2. The summed E-state index contributed by atoms with van der Waals surface area (Å²) in [5.74, 6) is -1.32. The van der Waals surface area contributed by atoms with Crippen LogP contribution in [-0.2, 0) is 4.79 Å². The molecule has 1 N–H and O–H groups in total. The zero-order valence-electron chi connectivity index (χ0n) is 10.7. The number of rotatable bonds is 6. The van der Waals surface area contributed by atoms with E-state index in [1.54, 1.807) is 4.90 Å². The first-order valence-electron chi connectivity index (χ1n) is 6.05. The maximum Gasteiger partial charge on any atom is 0.224 e. The van der Waals surface area contributed by atoms with Crippen molar-refractivity contribution in [1.82, 2.24) is 4.90 Å². The van der Waals surface area contributed by atoms with Gasteiger partial charge in [-0.1, -0.05) is 6.07 Å². The second-order valence-corrected chi connectivity index (χ2v) is 3.84. The molecule has 0 saturated heterocycles. The maximum absolute atomic E-state index is 13.3. The minimum absolute atomic E-state index is 0.0238. The smallest absolute Gasteiger partial charge is 0.224 e. The fourth-order valence-electron chi connectivity index (χ4n) is 1.70. The van der Waals surface area contributed by atoms with Gasteiger partial charge < -0.3 is 10.2 Å². The van der Waals surface area contributed by atoms with Crippen LogP contribution in [0, 0.1) is 11.6 Å². The van der Waals surface area contributed by atoms with Gasteiger partial charge in [0, 0.05) is 26.1 Å². The summed E-state index contributed by atoms with van der Waals surface area (Å²) >= 11 is 0. The molecule has 0 radical (unpaired) electrons. The van der Waals surface area contributed by atoms with Gasteiger partial charge >= 0.3 is 0 Å². The van der Waals surface area contributed by atoms with Crippen LogP contribution in [0.5, 0.6) is 0 Å². The largest absolute Gasteiger partial charge is 0.380 e. The van der Waals surface area contributed by atoms with Crippen LogP contribution in [0.3, 0.4) is 0 Å². The summed E-state index contributed by atoms with van der Waals surface area (Å²) in [6, 6.07) is 3.66. The molecule has 1 aromatic carbocycles. The molecule has 0 atom stereocenters. The zero-order valence-corrected chi connectivity index (χ0v) is 10.7. The average molecular weight is 256 g/mol. The van der Waals surface area contributed by atoms with E-state index in [9.17, 15) is 13.6 Å². The maximum atomic E-state index is 13.3. The van der Waals surface area contributed by atoms with Crippen molar-refractivity contribution in [3.05, 3.63) is 29.8 Å². The summed E-state index contributed by atoms with van der Waals surface area (Å²) in [5.41, 5.74) is -0.176. The van der Waals surface area contributed by atoms with Crippen molar-refractivity contribution < 1.29 is 13.6 Å². The fraction of sp³-hybridized carbons (Fsp3) is 0.462. The van der Waals surface area contributed by atoms with Crippen LogP contribution < -0.4 is 5.32 Å². The molecule has 0 bridgehead atoms. The molecule has 1 amide bonds. The Balaban J connectivity index is 2.49. The molecule has 0 heterocycles. The van der Waals surface area contributed by atoms with E-state index >= 15 is 0 Å². The molecule has 0 saturated carbocycles. The Morgan fingerprint density at radius 3 is 2.28 bits per heavy atom. The highest BCUT2D eigenvalue weighted by molar-refractivity contribution is 5.76. The van der Waals surface area contributed by atoms with E-state index in [2.05, 4.69) is 5.32 Å². The molecular weight excluding hydrogens is 238 g/mol. The van der Waals surface area contributed by atoms with Crippen LogP contribution in [0.15, 0.2) is 18.2 Å². The number of hydrogen-bond donors (Lipinski definition) is 1. The number of anilines is 1. The molecule has 18 heavy (non-hydrogen) atoms. The van der Waals surface area contributed by atoms with Gasteiger partial charge in [0.1, 0.15) is 17.3 Å². The molecule has 5 heteroatoms. The predicted molar refractivity (Wildman–Crippen MR) is 67.4 cm³/mol. The standard InChI is InChI=1S/C13H18F2N2O/c1-3-17(4-2)12(18)8-9-16-13-10(14)6-5-7-11(13)15/h5-7,16H,3-4,8-9H2,1-2H3. The van der Waals surface area contributed by atoms with E-state index in [4.69, 9.17) is 0 Å². The highest BCUT2D eigenvalue weighted by atomic mass is 19.1. The van der Waals surface area contributed by atoms with Gasteiger partial charge in [-0.25, -0.2) is 8.78 Å². The summed E-state index contributed by atoms with van der Waals surface area (Å²) in [5, 5.41) is 2.62. The topological polar surface area (TPSA) is 32.3 Å². The summed E-state index contributed by atoms with van der Waals surface area (Å²) < 4.78 is 26.5. The predicted octanol–water partition coefficient (Wildman–Crippen LogP) is 2.64. The SMILES string of the molecule is CCN(CC)C(=O)CCNc1c(F)cccc1F. The van der Waals surface area contributed by atoms with Crippen molar-refractivity contribution >= 4 is 11.6 Å². The Labute approximate surface area is 106 Å². The van der Waals surface area contributed by atoms with Gasteiger partial charge in [-0.2, -0.15) is 0 Å². The molecule has 0 fully saturated rings. The second kappa shape index (κ2) is 6.93. The number of nitrogens with one attached hydrogen (secondary N) is 1. The number of hydrogen-bond acceptors (Lipinski definition) is 2. The first kappa shape index (κ1) is 14.4. The van der Waals surface area contributed by atoms with Crippen LogP contribution >= 0.6 is 0 Å². The molecule has 0 spiro atoms. The van der Waals surface area contributed by atoms with E-state index in [0.717, 1.165) is 0 Å². The van der Waals surface area contributed by atoms with E-state index in [0.29, 0.717) is 13.1 Å². The minimum Gasteiger partial charge on any atom is -0.380 e. The summed E-state index contributed by atoms with van der Waals surface area (Å²) in [6.45, 7) is 5.29. The number of nitrogens with zero attached hydrogens (tertiary/aromatic N) is 1. The van der Waals surface area contributed by atoms with Crippen LogP contribution in [0.25, 0.3) is 0 Å². The first-order chi connectivity index (χ1) is 8.60. The lowest BCUT2D eigenvalue weighted by atomic mass is 10.2. The molecule has 100 valence electrons. The van der Waals surface area contributed by atoms with Gasteiger partial charge in [0.15, 0.2) is 0 Å². The molecule has 3 nitrogen and oxygen atoms in total. The lowest BCUT2D eigenvalue weighted by molar-refractivity contribution is -0.130. The quantitative estimate of drug-likeness (QED) is 0.848. The summed E-state index contributed by atoms with van der Waals surface area (Å²) in [6.07, 6.45) is 0.218. The van der Waals surface area contributed by atoms with Gasteiger partial charge in [0.2, 0.25) is 5.91 Å². The van der Waals surface area contributed by atoms with E-state index in [-0.39, 0.29) is 24.6 Å². The third-order valence-corrected chi connectivity index (χ3v) is 2.72. The van der Waals surface area contributed by atoms with Crippen LogP contribution in [0.4, 0.5) is 14.5 Å². The third-order valence-electron chi connectivity index (χ3n) is 2.72. The minimum atomic E-state index is -0.648. The van der Waals surface area contributed by atoms with Crippen molar-refractivity contribution in [1.29, 1.82) is 0 Å². The molecule has 0 aliphatic carbocycles. The number of carbonyl (C=O) groups excluding carboxylic acids is 1. The number of amides is 1. The second-order valence-electron chi connectivity index (χ2n) is 3.84. The van der Waals surface area contributed by atoms with Crippen LogP contribution in [0.1, 0.15) is 20.3 Å². The van der Waals surface area contributed by atoms with Gasteiger partial charge in [-0.3, -0.25) is 4.79 Å². The van der Waals surface area contributed by atoms with E-state index in [1.165, 1.54) is 18.2 Å². The van der Waals surface area contributed by atoms with Crippen LogP contribution in [0.2, 0.25) is 0 Å². The monoisotopic (exact) mass is 256 g/mol. The van der Waals surface area contributed by atoms with Gasteiger partial charge in [-0.05, 0) is 26.0 Å². The number of halogens is 2. The number of benzene rings is 1. The third kappa shape index (κ3) is 3.68. The molecule has 1 rings (SSSR count).